The van der Waals surface area contributed by atoms with Crippen molar-refractivity contribution in [2.24, 2.45) is 0 Å². The predicted molar refractivity (Wildman–Crippen MR) is 77.3 cm³/mol. The van der Waals surface area contributed by atoms with Crippen LogP contribution in [0.5, 0.6) is 0 Å². The molecule has 1 aromatic heterocycles. The van der Waals surface area contributed by atoms with E-state index in [1.165, 1.54) is 22.3 Å². The van der Waals surface area contributed by atoms with Crippen LogP contribution in [0.15, 0.2) is 12.1 Å². The summed E-state index contributed by atoms with van der Waals surface area (Å²) in [5, 5.41) is 7.31. The monoisotopic (exact) mass is 261 g/mol. The van der Waals surface area contributed by atoms with Crippen LogP contribution in [0.4, 0.5) is 0 Å². The van der Waals surface area contributed by atoms with Gasteiger partial charge < -0.3 is 4.57 Å². The fraction of sp³-hybridized carbons (Fsp3) is 0.429. The number of benzene rings is 1. The summed E-state index contributed by atoms with van der Waals surface area (Å²) in [6.07, 6.45) is 1.05. The van der Waals surface area contributed by atoms with Gasteiger partial charge in [0.15, 0.2) is 10.6 Å². The van der Waals surface area contributed by atoms with Crippen molar-refractivity contribution in [2.45, 2.75) is 40.7 Å². The molecule has 0 saturated heterocycles. The molecule has 0 amide bonds. The lowest BCUT2D eigenvalue weighted by Crippen LogP contribution is -2.02. The number of aryl methyl sites for hydroxylation is 3. The topological polar surface area (TPSA) is 33.6 Å². The zero-order valence-electron chi connectivity index (χ0n) is 11.4. The summed E-state index contributed by atoms with van der Waals surface area (Å²) in [6, 6.07) is 4.38. The number of hydrogen-bond acceptors (Lipinski definition) is 2. The molecule has 0 aliphatic rings. The maximum atomic E-state index is 5.30. The van der Waals surface area contributed by atoms with Gasteiger partial charge in [-0.15, -0.1) is 0 Å². The highest BCUT2D eigenvalue weighted by molar-refractivity contribution is 7.71. The van der Waals surface area contributed by atoms with E-state index in [1.807, 2.05) is 0 Å². The Morgan fingerprint density at radius 3 is 2.39 bits per heavy atom. The highest BCUT2D eigenvalue weighted by atomic mass is 32.1. The molecular weight excluding hydrogens is 242 g/mol. The number of hydrogen-bond donors (Lipinski definition) is 1. The molecule has 1 aromatic carbocycles. The minimum Gasteiger partial charge on any atom is -0.300 e. The smallest absolute Gasteiger partial charge is 0.195 e. The van der Waals surface area contributed by atoms with Gasteiger partial charge in [0.1, 0.15) is 0 Å². The predicted octanol–water partition coefficient (Wildman–Crippen LogP) is 3.94. The largest absolute Gasteiger partial charge is 0.300 e. The van der Waals surface area contributed by atoms with E-state index >= 15 is 0 Å². The average molecular weight is 261 g/mol. The molecule has 0 bridgehead atoms. The van der Waals surface area contributed by atoms with Crippen LogP contribution in [-0.4, -0.2) is 14.8 Å². The van der Waals surface area contributed by atoms with Crippen molar-refractivity contribution in [3.63, 3.8) is 0 Å². The van der Waals surface area contributed by atoms with E-state index < -0.39 is 0 Å². The normalized spacial score (nSPS) is 10.9. The molecule has 0 unspecified atom stereocenters. The van der Waals surface area contributed by atoms with Gasteiger partial charge in [-0.3, -0.25) is 5.10 Å². The van der Waals surface area contributed by atoms with Gasteiger partial charge in [-0.05, 0) is 50.5 Å². The molecule has 2 rings (SSSR count). The summed E-state index contributed by atoms with van der Waals surface area (Å²) >= 11 is 5.30. The minimum atomic E-state index is 0.700. The number of rotatable bonds is 3. The number of H-pyrrole nitrogens is 1. The first kappa shape index (κ1) is 13.0. The van der Waals surface area contributed by atoms with E-state index in [0.29, 0.717) is 4.77 Å². The second kappa shape index (κ2) is 5.06. The molecule has 0 fully saturated rings. The number of aromatic amines is 1. The molecule has 0 spiro atoms. The minimum absolute atomic E-state index is 0.700. The van der Waals surface area contributed by atoms with Gasteiger partial charge in [-0.1, -0.05) is 24.6 Å². The Morgan fingerprint density at radius 1 is 1.22 bits per heavy atom. The van der Waals surface area contributed by atoms with E-state index in [2.05, 4.69) is 54.6 Å². The first-order valence-electron chi connectivity index (χ1n) is 6.28. The van der Waals surface area contributed by atoms with Crippen molar-refractivity contribution >= 4 is 12.2 Å². The molecule has 0 aliphatic carbocycles. The number of nitrogens with one attached hydrogen (secondary N) is 1. The van der Waals surface area contributed by atoms with Crippen molar-refractivity contribution in [1.29, 1.82) is 0 Å². The Hall–Kier alpha value is -1.42. The zero-order chi connectivity index (χ0) is 13.3. The summed E-state index contributed by atoms with van der Waals surface area (Å²) in [5.74, 6) is 0.955. The van der Waals surface area contributed by atoms with Crippen molar-refractivity contribution in [3.05, 3.63) is 33.6 Å². The molecule has 18 heavy (non-hydrogen) atoms. The molecule has 1 heterocycles. The van der Waals surface area contributed by atoms with Crippen molar-refractivity contribution in [1.82, 2.24) is 14.8 Å². The third kappa shape index (κ3) is 2.25. The highest BCUT2D eigenvalue weighted by Crippen LogP contribution is 2.27. The van der Waals surface area contributed by atoms with Crippen molar-refractivity contribution in [2.75, 3.05) is 0 Å². The van der Waals surface area contributed by atoms with E-state index in [9.17, 15) is 0 Å². The second-order valence-corrected chi connectivity index (χ2v) is 5.16. The van der Waals surface area contributed by atoms with Gasteiger partial charge in [-0.2, -0.15) is 5.10 Å². The van der Waals surface area contributed by atoms with Gasteiger partial charge in [0, 0.05) is 12.1 Å². The molecule has 96 valence electrons. The number of aromatic nitrogens is 3. The van der Waals surface area contributed by atoms with Crippen LogP contribution >= 0.6 is 12.2 Å². The molecule has 1 N–H and O–H groups in total. The first-order chi connectivity index (χ1) is 8.54. The average Bonchev–Trinajstić information content (AvgIpc) is 2.61. The summed E-state index contributed by atoms with van der Waals surface area (Å²) < 4.78 is 2.78. The third-order valence-electron chi connectivity index (χ3n) is 3.11. The van der Waals surface area contributed by atoms with Gasteiger partial charge in [-0.25, -0.2) is 0 Å². The lowest BCUT2D eigenvalue weighted by atomic mass is 9.99. The Morgan fingerprint density at radius 2 is 1.83 bits per heavy atom. The SMILES string of the molecule is CCCn1c(-c2c(C)cc(C)cc2C)n[nH]c1=S. The molecule has 0 radical (unpaired) electrons. The Labute approximate surface area is 113 Å². The molecule has 0 aliphatic heterocycles. The van der Waals surface area contributed by atoms with Crippen LogP contribution in [-0.2, 0) is 6.54 Å². The standard InChI is InChI=1S/C14H19N3S/c1-5-6-17-13(15-16-14(17)18)12-10(3)7-9(2)8-11(12)4/h7-8H,5-6H2,1-4H3,(H,16,18). The summed E-state index contributed by atoms with van der Waals surface area (Å²) in [6.45, 7) is 9.42. The Bertz CT molecular complexity index is 599. The van der Waals surface area contributed by atoms with Crippen molar-refractivity contribution < 1.29 is 0 Å². The fourth-order valence-electron chi connectivity index (χ4n) is 2.47. The molecule has 4 heteroatoms. The van der Waals surface area contributed by atoms with Gasteiger partial charge in [0.2, 0.25) is 0 Å². The van der Waals surface area contributed by atoms with E-state index in [1.54, 1.807) is 0 Å². The van der Waals surface area contributed by atoms with Crippen LogP contribution in [0.3, 0.4) is 0 Å². The maximum Gasteiger partial charge on any atom is 0.195 e. The van der Waals surface area contributed by atoms with Crippen LogP contribution in [0.2, 0.25) is 0 Å². The third-order valence-corrected chi connectivity index (χ3v) is 3.42. The summed E-state index contributed by atoms with van der Waals surface area (Å²) in [4.78, 5) is 0. The zero-order valence-corrected chi connectivity index (χ0v) is 12.2. The fourth-order valence-corrected chi connectivity index (χ4v) is 2.70. The van der Waals surface area contributed by atoms with Crippen molar-refractivity contribution in [3.8, 4) is 11.4 Å². The van der Waals surface area contributed by atoms with E-state index in [4.69, 9.17) is 12.2 Å². The lowest BCUT2D eigenvalue weighted by molar-refractivity contribution is 0.674. The number of nitrogens with zero attached hydrogens (tertiary/aromatic N) is 2. The summed E-state index contributed by atoms with van der Waals surface area (Å²) in [7, 11) is 0. The molecule has 3 nitrogen and oxygen atoms in total. The van der Waals surface area contributed by atoms with Gasteiger partial charge in [0.05, 0.1) is 0 Å². The first-order valence-corrected chi connectivity index (χ1v) is 6.68. The molecule has 0 saturated carbocycles. The van der Waals surface area contributed by atoms with Crippen LogP contribution < -0.4 is 0 Å². The Kier molecular flexibility index (Phi) is 3.66. The van der Waals surface area contributed by atoms with Gasteiger partial charge >= 0.3 is 0 Å². The maximum absolute atomic E-state index is 5.30. The van der Waals surface area contributed by atoms with Crippen LogP contribution in [0.25, 0.3) is 11.4 Å². The van der Waals surface area contributed by atoms with Gasteiger partial charge in [0.25, 0.3) is 0 Å². The molecular formula is C14H19N3S. The van der Waals surface area contributed by atoms with Crippen LogP contribution in [0.1, 0.15) is 30.0 Å². The van der Waals surface area contributed by atoms with E-state index in [-0.39, 0.29) is 0 Å². The highest BCUT2D eigenvalue weighted by Gasteiger charge is 2.13. The lowest BCUT2D eigenvalue weighted by Gasteiger charge is -2.12. The summed E-state index contributed by atoms with van der Waals surface area (Å²) in [5.41, 5.74) is 4.98. The van der Waals surface area contributed by atoms with Crippen LogP contribution in [0, 0.1) is 25.5 Å². The van der Waals surface area contributed by atoms with E-state index in [0.717, 1.165) is 18.8 Å². The second-order valence-electron chi connectivity index (χ2n) is 4.78. The quantitative estimate of drug-likeness (QED) is 0.849. The molecule has 0 atom stereocenters. The Balaban J connectivity index is 2.66. The molecule has 2 aromatic rings.